The van der Waals surface area contributed by atoms with Gasteiger partial charge in [0.05, 0.1) is 21.3 Å². The van der Waals surface area contributed by atoms with Crippen molar-refractivity contribution in [1.29, 1.82) is 0 Å². The van der Waals surface area contributed by atoms with E-state index in [1.54, 1.807) is 51.9 Å². The number of fused-ring (bicyclic) bond motifs is 1. The minimum absolute atomic E-state index is 0.243. The van der Waals surface area contributed by atoms with Gasteiger partial charge in [-0.25, -0.2) is 0 Å². The number of hydrogen-bond donors (Lipinski definition) is 1. The Morgan fingerprint density at radius 2 is 1.78 bits per heavy atom. The van der Waals surface area contributed by atoms with Crippen LogP contribution in [0, 0.1) is 0 Å². The number of benzene rings is 2. The fourth-order valence-corrected chi connectivity index (χ4v) is 2.78. The van der Waals surface area contributed by atoms with Gasteiger partial charge >= 0.3 is 0 Å². The third kappa shape index (κ3) is 4.00. The highest BCUT2D eigenvalue weighted by Crippen LogP contribution is 2.38. The lowest BCUT2D eigenvalue weighted by Gasteiger charge is -2.12. The fraction of sp³-hybridized carbons (Fsp3) is 0.143. The molecule has 0 spiro atoms. The standard InChI is InChI=1S/C21H20N2O4/c1-25-18-11-14(12-19(26-2)21(18)27-3)7-8-20(24)23-17-6-4-5-15-13-22-10-9-16(15)17/h4-13H,1-3H3,(H,23,24)/b8-7+. The second-order valence-electron chi connectivity index (χ2n) is 5.68. The molecule has 0 aliphatic heterocycles. The average Bonchev–Trinajstić information content (AvgIpc) is 2.71. The molecule has 0 radical (unpaired) electrons. The van der Waals surface area contributed by atoms with E-state index in [2.05, 4.69) is 10.3 Å². The van der Waals surface area contributed by atoms with E-state index in [4.69, 9.17) is 14.2 Å². The first-order chi connectivity index (χ1) is 13.2. The van der Waals surface area contributed by atoms with Crippen LogP contribution in [0.3, 0.4) is 0 Å². The lowest BCUT2D eigenvalue weighted by Crippen LogP contribution is -2.08. The summed E-state index contributed by atoms with van der Waals surface area (Å²) in [7, 11) is 4.64. The van der Waals surface area contributed by atoms with Crippen molar-refractivity contribution in [3.8, 4) is 17.2 Å². The second-order valence-corrected chi connectivity index (χ2v) is 5.68. The number of nitrogens with zero attached hydrogens (tertiary/aromatic N) is 1. The van der Waals surface area contributed by atoms with Gasteiger partial charge in [-0.3, -0.25) is 9.78 Å². The van der Waals surface area contributed by atoms with Crippen LogP contribution < -0.4 is 19.5 Å². The summed E-state index contributed by atoms with van der Waals surface area (Å²) in [5.41, 5.74) is 1.48. The highest BCUT2D eigenvalue weighted by Gasteiger charge is 2.12. The summed E-state index contributed by atoms with van der Waals surface area (Å²) in [5, 5.41) is 4.79. The Hall–Kier alpha value is -3.54. The number of carbonyl (C=O) groups is 1. The maximum atomic E-state index is 12.4. The molecule has 27 heavy (non-hydrogen) atoms. The van der Waals surface area contributed by atoms with Crippen LogP contribution in [0.2, 0.25) is 0 Å². The molecule has 0 saturated carbocycles. The number of aromatic nitrogens is 1. The molecule has 0 aliphatic carbocycles. The predicted octanol–water partition coefficient (Wildman–Crippen LogP) is 3.91. The van der Waals surface area contributed by atoms with Crippen molar-refractivity contribution in [2.75, 3.05) is 26.6 Å². The van der Waals surface area contributed by atoms with Crippen LogP contribution in [-0.4, -0.2) is 32.2 Å². The quantitative estimate of drug-likeness (QED) is 0.672. The third-order valence-corrected chi connectivity index (χ3v) is 4.05. The lowest BCUT2D eigenvalue weighted by atomic mass is 10.1. The number of hydrogen-bond acceptors (Lipinski definition) is 5. The number of amides is 1. The van der Waals surface area contributed by atoms with Crippen LogP contribution >= 0.6 is 0 Å². The van der Waals surface area contributed by atoms with Crippen LogP contribution in [-0.2, 0) is 4.79 Å². The van der Waals surface area contributed by atoms with Gasteiger partial charge in [0.25, 0.3) is 0 Å². The SMILES string of the molecule is COc1cc(/C=C/C(=O)Nc2cccc3cnccc23)cc(OC)c1OC. The molecule has 0 fully saturated rings. The Bertz CT molecular complexity index is 968. The summed E-state index contributed by atoms with van der Waals surface area (Å²) in [6, 6.07) is 11.1. The predicted molar refractivity (Wildman–Crippen MR) is 106 cm³/mol. The average molecular weight is 364 g/mol. The monoisotopic (exact) mass is 364 g/mol. The second kappa shape index (κ2) is 8.23. The van der Waals surface area contributed by atoms with Crippen molar-refractivity contribution in [2.24, 2.45) is 0 Å². The number of methoxy groups -OCH3 is 3. The van der Waals surface area contributed by atoms with Crippen LogP contribution in [0.15, 0.2) is 54.9 Å². The number of rotatable bonds is 6. The summed E-state index contributed by atoms with van der Waals surface area (Å²) >= 11 is 0. The Morgan fingerprint density at radius 1 is 1.04 bits per heavy atom. The van der Waals surface area contributed by atoms with Crippen molar-refractivity contribution in [3.63, 3.8) is 0 Å². The van der Waals surface area contributed by atoms with Gasteiger partial charge in [0.2, 0.25) is 11.7 Å². The van der Waals surface area contributed by atoms with Crippen LogP contribution in [0.25, 0.3) is 16.8 Å². The molecule has 1 N–H and O–H groups in total. The minimum Gasteiger partial charge on any atom is -0.493 e. The van der Waals surface area contributed by atoms with Crippen LogP contribution in [0.1, 0.15) is 5.56 Å². The van der Waals surface area contributed by atoms with Gasteiger partial charge in [-0.05, 0) is 35.9 Å². The molecule has 1 heterocycles. The molecule has 0 bridgehead atoms. The number of ether oxygens (including phenoxy) is 3. The summed E-state index contributed by atoms with van der Waals surface area (Å²) in [6.45, 7) is 0. The number of carbonyl (C=O) groups excluding carboxylic acids is 1. The number of nitrogens with one attached hydrogen (secondary N) is 1. The van der Waals surface area contributed by atoms with E-state index in [9.17, 15) is 4.79 Å². The van der Waals surface area contributed by atoms with Crippen molar-refractivity contribution in [2.45, 2.75) is 0 Å². The van der Waals surface area contributed by atoms with Crippen molar-refractivity contribution in [1.82, 2.24) is 4.98 Å². The molecular formula is C21H20N2O4. The zero-order chi connectivity index (χ0) is 19.2. The lowest BCUT2D eigenvalue weighted by molar-refractivity contribution is -0.111. The van der Waals surface area contributed by atoms with E-state index in [1.807, 2.05) is 24.3 Å². The largest absolute Gasteiger partial charge is 0.493 e. The molecule has 1 amide bonds. The van der Waals surface area contributed by atoms with Gasteiger partial charge in [-0.15, -0.1) is 0 Å². The van der Waals surface area contributed by atoms with Crippen LogP contribution in [0.4, 0.5) is 5.69 Å². The van der Waals surface area contributed by atoms with Crippen molar-refractivity contribution < 1.29 is 19.0 Å². The zero-order valence-corrected chi connectivity index (χ0v) is 15.4. The molecule has 0 aliphatic rings. The normalized spacial score (nSPS) is 10.8. The Kier molecular flexibility index (Phi) is 5.56. The Labute approximate surface area is 157 Å². The molecule has 138 valence electrons. The highest BCUT2D eigenvalue weighted by molar-refractivity contribution is 6.07. The molecule has 0 saturated heterocycles. The maximum Gasteiger partial charge on any atom is 0.248 e. The van der Waals surface area contributed by atoms with Gasteiger partial charge < -0.3 is 19.5 Å². The van der Waals surface area contributed by atoms with E-state index >= 15 is 0 Å². The smallest absolute Gasteiger partial charge is 0.248 e. The molecule has 0 atom stereocenters. The molecule has 6 nitrogen and oxygen atoms in total. The summed E-state index contributed by atoms with van der Waals surface area (Å²) in [4.78, 5) is 16.5. The van der Waals surface area contributed by atoms with E-state index in [0.29, 0.717) is 17.2 Å². The minimum atomic E-state index is -0.243. The Morgan fingerprint density at radius 3 is 2.44 bits per heavy atom. The molecule has 1 aromatic heterocycles. The first-order valence-corrected chi connectivity index (χ1v) is 8.28. The van der Waals surface area contributed by atoms with E-state index in [0.717, 1.165) is 22.0 Å². The van der Waals surface area contributed by atoms with Gasteiger partial charge in [0.1, 0.15) is 0 Å². The number of pyridine rings is 1. The topological polar surface area (TPSA) is 69.7 Å². The van der Waals surface area contributed by atoms with Crippen molar-refractivity contribution >= 4 is 28.4 Å². The van der Waals surface area contributed by atoms with Gasteiger partial charge in [-0.2, -0.15) is 0 Å². The third-order valence-electron chi connectivity index (χ3n) is 4.05. The molecule has 0 unspecified atom stereocenters. The first kappa shape index (κ1) is 18.3. The van der Waals surface area contributed by atoms with E-state index in [-0.39, 0.29) is 5.91 Å². The molecular weight excluding hydrogens is 344 g/mol. The van der Waals surface area contributed by atoms with Gasteiger partial charge in [0.15, 0.2) is 11.5 Å². The zero-order valence-electron chi connectivity index (χ0n) is 15.4. The number of anilines is 1. The van der Waals surface area contributed by atoms with Crippen LogP contribution in [0.5, 0.6) is 17.2 Å². The summed E-state index contributed by atoms with van der Waals surface area (Å²) < 4.78 is 15.9. The fourth-order valence-electron chi connectivity index (χ4n) is 2.78. The molecule has 2 aromatic carbocycles. The van der Waals surface area contributed by atoms with E-state index < -0.39 is 0 Å². The van der Waals surface area contributed by atoms with Gasteiger partial charge in [0, 0.05) is 34.9 Å². The summed E-state index contributed by atoms with van der Waals surface area (Å²) in [5.74, 6) is 1.32. The molecule has 3 aromatic rings. The maximum absolute atomic E-state index is 12.4. The molecule has 6 heteroatoms. The van der Waals surface area contributed by atoms with E-state index in [1.165, 1.54) is 6.08 Å². The summed E-state index contributed by atoms with van der Waals surface area (Å²) in [6.07, 6.45) is 6.60. The van der Waals surface area contributed by atoms with Crippen molar-refractivity contribution in [3.05, 3.63) is 60.4 Å². The molecule has 3 rings (SSSR count). The first-order valence-electron chi connectivity index (χ1n) is 8.28. The highest BCUT2D eigenvalue weighted by atomic mass is 16.5. The Balaban J connectivity index is 1.82. The van der Waals surface area contributed by atoms with Gasteiger partial charge in [-0.1, -0.05) is 12.1 Å².